The van der Waals surface area contributed by atoms with Crippen molar-refractivity contribution in [2.75, 3.05) is 23.3 Å². The Morgan fingerprint density at radius 1 is 1.19 bits per heavy atom. The molecule has 0 bridgehead atoms. The van der Waals surface area contributed by atoms with Crippen molar-refractivity contribution in [1.82, 2.24) is 19.6 Å². The number of amides is 1. The minimum atomic E-state index is 0.0235. The molecule has 0 aliphatic carbocycles. The highest BCUT2D eigenvalue weighted by Gasteiger charge is 2.27. The molecular weight excluding hydrogens is 340 g/mol. The quantitative estimate of drug-likeness (QED) is 0.773. The number of nitrogens with one attached hydrogen (secondary N) is 1. The Morgan fingerprint density at radius 3 is 2.74 bits per heavy atom. The minimum Gasteiger partial charge on any atom is -0.356 e. The Kier molecular flexibility index (Phi) is 4.51. The summed E-state index contributed by atoms with van der Waals surface area (Å²) in [6, 6.07) is 8.04. The lowest BCUT2D eigenvalue weighted by Gasteiger charge is -2.33. The standard InChI is InChI=1S/C20H24N6O/c1-13-5-4-6-17(15(13)3)24-19(27)16-7-9-25(10-8-16)18-11-14(2)23-20-21-12-22-26(18)20/h4-6,11-12,16H,7-10H2,1-3H3,(H,24,27). The molecular formula is C20H24N6O. The number of piperidine rings is 1. The molecule has 0 spiro atoms. The second-order valence-electron chi connectivity index (χ2n) is 7.23. The number of aromatic nitrogens is 4. The van der Waals surface area contributed by atoms with Gasteiger partial charge in [-0.05, 0) is 50.8 Å². The number of aryl methyl sites for hydroxylation is 2. The van der Waals surface area contributed by atoms with E-state index in [2.05, 4.69) is 38.3 Å². The van der Waals surface area contributed by atoms with Gasteiger partial charge in [0.1, 0.15) is 12.1 Å². The molecule has 0 radical (unpaired) electrons. The van der Waals surface area contributed by atoms with Gasteiger partial charge in [0.15, 0.2) is 0 Å². The minimum absolute atomic E-state index is 0.0235. The van der Waals surface area contributed by atoms with Crippen molar-refractivity contribution in [3.63, 3.8) is 0 Å². The highest BCUT2D eigenvalue weighted by Crippen LogP contribution is 2.26. The van der Waals surface area contributed by atoms with Crippen LogP contribution in [-0.4, -0.2) is 38.6 Å². The zero-order valence-electron chi connectivity index (χ0n) is 15.9. The summed E-state index contributed by atoms with van der Waals surface area (Å²) in [5.41, 5.74) is 4.15. The first kappa shape index (κ1) is 17.5. The molecule has 0 saturated carbocycles. The Labute approximate surface area is 158 Å². The molecule has 2 aromatic heterocycles. The van der Waals surface area contributed by atoms with Gasteiger partial charge in [-0.3, -0.25) is 4.79 Å². The molecule has 1 N–H and O–H groups in total. The van der Waals surface area contributed by atoms with E-state index in [0.717, 1.165) is 48.7 Å². The summed E-state index contributed by atoms with van der Waals surface area (Å²) < 4.78 is 1.77. The number of hydrogen-bond acceptors (Lipinski definition) is 5. The molecule has 1 saturated heterocycles. The summed E-state index contributed by atoms with van der Waals surface area (Å²) in [5, 5.41) is 7.40. The number of nitrogens with zero attached hydrogens (tertiary/aromatic N) is 5. The molecule has 1 aliphatic heterocycles. The smallest absolute Gasteiger partial charge is 0.254 e. The predicted octanol–water partition coefficient (Wildman–Crippen LogP) is 2.90. The number of hydrogen-bond donors (Lipinski definition) is 1. The summed E-state index contributed by atoms with van der Waals surface area (Å²) in [7, 11) is 0. The van der Waals surface area contributed by atoms with Crippen LogP contribution >= 0.6 is 0 Å². The molecule has 3 heterocycles. The Morgan fingerprint density at radius 2 is 1.96 bits per heavy atom. The van der Waals surface area contributed by atoms with Crippen molar-refractivity contribution >= 4 is 23.2 Å². The molecule has 0 atom stereocenters. The Balaban J connectivity index is 1.45. The molecule has 0 unspecified atom stereocenters. The lowest BCUT2D eigenvalue weighted by atomic mass is 9.95. The largest absolute Gasteiger partial charge is 0.356 e. The van der Waals surface area contributed by atoms with E-state index in [1.54, 1.807) is 4.52 Å². The second-order valence-corrected chi connectivity index (χ2v) is 7.23. The fourth-order valence-electron chi connectivity index (χ4n) is 3.63. The van der Waals surface area contributed by atoms with Gasteiger partial charge in [-0.15, -0.1) is 0 Å². The second kappa shape index (κ2) is 6.98. The summed E-state index contributed by atoms with van der Waals surface area (Å²) in [5.74, 6) is 1.73. The van der Waals surface area contributed by atoms with E-state index in [1.807, 2.05) is 32.0 Å². The van der Waals surface area contributed by atoms with Crippen LogP contribution in [0.25, 0.3) is 5.78 Å². The third kappa shape index (κ3) is 3.37. The van der Waals surface area contributed by atoms with Crippen LogP contribution in [0, 0.1) is 26.7 Å². The van der Waals surface area contributed by atoms with E-state index < -0.39 is 0 Å². The zero-order valence-corrected chi connectivity index (χ0v) is 15.9. The van der Waals surface area contributed by atoms with E-state index in [-0.39, 0.29) is 11.8 Å². The van der Waals surface area contributed by atoms with Crippen LogP contribution < -0.4 is 10.2 Å². The number of carbonyl (C=O) groups is 1. The van der Waals surface area contributed by atoms with Gasteiger partial charge < -0.3 is 10.2 Å². The molecule has 1 fully saturated rings. The predicted molar refractivity (Wildman–Crippen MR) is 105 cm³/mol. The van der Waals surface area contributed by atoms with Crippen LogP contribution in [-0.2, 0) is 4.79 Å². The van der Waals surface area contributed by atoms with Crippen LogP contribution in [0.5, 0.6) is 0 Å². The first-order valence-electron chi connectivity index (χ1n) is 9.32. The maximum Gasteiger partial charge on any atom is 0.254 e. The topological polar surface area (TPSA) is 75.4 Å². The monoisotopic (exact) mass is 364 g/mol. The van der Waals surface area contributed by atoms with Gasteiger partial charge in [0, 0.05) is 36.5 Å². The lowest BCUT2D eigenvalue weighted by molar-refractivity contribution is -0.120. The van der Waals surface area contributed by atoms with Gasteiger partial charge in [0.2, 0.25) is 5.91 Å². The van der Waals surface area contributed by atoms with E-state index in [0.29, 0.717) is 5.78 Å². The summed E-state index contributed by atoms with van der Waals surface area (Å²) in [4.78, 5) is 23.6. The van der Waals surface area contributed by atoms with E-state index in [4.69, 9.17) is 0 Å². The van der Waals surface area contributed by atoms with Gasteiger partial charge in [-0.2, -0.15) is 14.6 Å². The first-order chi connectivity index (χ1) is 13.0. The summed E-state index contributed by atoms with van der Waals surface area (Å²) >= 11 is 0. The van der Waals surface area contributed by atoms with Crippen molar-refractivity contribution in [2.24, 2.45) is 5.92 Å². The Bertz CT molecular complexity index is 987. The van der Waals surface area contributed by atoms with Gasteiger partial charge in [0.05, 0.1) is 0 Å². The van der Waals surface area contributed by atoms with Gasteiger partial charge in [0.25, 0.3) is 5.78 Å². The van der Waals surface area contributed by atoms with E-state index in [1.165, 1.54) is 11.9 Å². The molecule has 1 aliphatic rings. The van der Waals surface area contributed by atoms with E-state index in [9.17, 15) is 4.79 Å². The summed E-state index contributed by atoms with van der Waals surface area (Å²) in [6.45, 7) is 7.68. The van der Waals surface area contributed by atoms with Crippen LogP contribution in [0.15, 0.2) is 30.6 Å². The molecule has 1 aromatic carbocycles. The highest BCUT2D eigenvalue weighted by atomic mass is 16.1. The molecule has 140 valence electrons. The zero-order chi connectivity index (χ0) is 19.0. The third-order valence-electron chi connectivity index (χ3n) is 5.41. The fraction of sp³-hybridized carbons (Fsp3) is 0.400. The number of rotatable bonds is 3. The van der Waals surface area contributed by atoms with Crippen LogP contribution in [0.3, 0.4) is 0 Å². The molecule has 3 aromatic rings. The van der Waals surface area contributed by atoms with Gasteiger partial charge >= 0.3 is 0 Å². The first-order valence-corrected chi connectivity index (χ1v) is 9.32. The number of benzene rings is 1. The SMILES string of the molecule is Cc1cc(N2CCC(C(=O)Nc3cccc(C)c3C)CC2)n2ncnc2n1. The number of anilines is 2. The van der Waals surface area contributed by atoms with Crippen LogP contribution in [0.2, 0.25) is 0 Å². The van der Waals surface area contributed by atoms with Gasteiger partial charge in [-0.1, -0.05) is 12.1 Å². The average molecular weight is 364 g/mol. The maximum absolute atomic E-state index is 12.7. The highest BCUT2D eigenvalue weighted by molar-refractivity contribution is 5.93. The molecule has 7 heteroatoms. The summed E-state index contributed by atoms with van der Waals surface area (Å²) in [6.07, 6.45) is 3.15. The van der Waals surface area contributed by atoms with Crippen molar-refractivity contribution in [3.8, 4) is 0 Å². The molecule has 7 nitrogen and oxygen atoms in total. The fourth-order valence-corrected chi connectivity index (χ4v) is 3.63. The maximum atomic E-state index is 12.7. The third-order valence-corrected chi connectivity index (χ3v) is 5.41. The van der Waals surface area contributed by atoms with Crippen molar-refractivity contribution in [3.05, 3.63) is 47.4 Å². The van der Waals surface area contributed by atoms with Crippen LogP contribution in [0.1, 0.15) is 29.7 Å². The van der Waals surface area contributed by atoms with E-state index >= 15 is 0 Å². The number of carbonyl (C=O) groups excluding carboxylic acids is 1. The van der Waals surface area contributed by atoms with Crippen molar-refractivity contribution in [2.45, 2.75) is 33.6 Å². The molecule has 27 heavy (non-hydrogen) atoms. The van der Waals surface area contributed by atoms with Crippen molar-refractivity contribution in [1.29, 1.82) is 0 Å². The molecule has 4 rings (SSSR count). The van der Waals surface area contributed by atoms with Crippen molar-refractivity contribution < 1.29 is 4.79 Å². The molecule has 1 amide bonds. The average Bonchev–Trinajstić information content (AvgIpc) is 3.13. The lowest BCUT2D eigenvalue weighted by Crippen LogP contribution is -2.39. The Hall–Kier alpha value is -2.96. The van der Waals surface area contributed by atoms with Gasteiger partial charge in [-0.25, -0.2) is 4.98 Å². The normalized spacial score (nSPS) is 15.3. The van der Waals surface area contributed by atoms with Crippen LogP contribution in [0.4, 0.5) is 11.5 Å². The number of fused-ring (bicyclic) bond motifs is 1.